The Morgan fingerprint density at radius 3 is 2.36 bits per heavy atom. The van der Waals surface area contributed by atoms with Crippen molar-refractivity contribution in [2.75, 3.05) is 0 Å². The number of carbonyl (C=O) groups excluding carboxylic acids is 2. The van der Waals surface area contributed by atoms with Crippen LogP contribution < -0.4 is 10.6 Å². The van der Waals surface area contributed by atoms with Gasteiger partial charge in [-0.15, -0.1) is 0 Å². The number of alkyl carbamates (subject to hydrolysis) is 1. The largest absolute Gasteiger partial charge is 0.478 e. The maximum Gasteiger partial charge on any atom is 0.408 e. The number of hydrogen-bond acceptors (Lipinski definition) is 4. The molecule has 8 nitrogen and oxygen atoms in total. The summed E-state index contributed by atoms with van der Waals surface area (Å²) in [4.78, 5) is 42.2. The van der Waals surface area contributed by atoms with Gasteiger partial charge in [-0.1, -0.05) is 54.6 Å². The topological polar surface area (TPSA) is 121 Å². The van der Waals surface area contributed by atoms with Gasteiger partial charge in [-0.2, -0.15) is 0 Å². The molecule has 4 bridgehead atoms. The molecule has 4 N–H and O–H groups in total. The van der Waals surface area contributed by atoms with Crippen LogP contribution in [0.15, 0.2) is 72.9 Å². The quantitative estimate of drug-likeness (QED) is 0.244. The lowest BCUT2D eigenvalue weighted by Crippen LogP contribution is -2.61. The highest BCUT2D eigenvalue weighted by molar-refractivity contribution is 5.92. The van der Waals surface area contributed by atoms with Gasteiger partial charge in [-0.05, 0) is 86.3 Å². The molecule has 4 saturated carbocycles. The monoisotopic (exact) mass is 569 g/mol. The SMILES string of the molecule is C[C@](Cc1c[nH]c2ccccc12)(NC(=O)OC1C2CC3CC(C2)CC1C3)C(=O)N[C@H](/C=C/C(=O)O)Cc1ccccc1. The first-order valence-electron chi connectivity index (χ1n) is 15.1. The van der Waals surface area contributed by atoms with Gasteiger partial charge < -0.3 is 25.5 Å². The van der Waals surface area contributed by atoms with E-state index in [4.69, 9.17) is 4.74 Å². The number of rotatable bonds is 10. The highest BCUT2D eigenvalue weighted by Crippen LogP contribution is 2.54. The Balaban J connectivity index is 1.24. The van der Waals surface area contributed by atoms with E-state index in [0.717, 1.165) is 65.6 Å². The van der Waals surface area contributed by atoms with Crippen LogP contribution in [0.4, 0.5) is 4.79 Å². The number of carboxylic acids is 1. The second kappa shape index (κ2) is 11.7. The Hall–Kier alpha value is -4.07. The standard InChI is InChI=1S/C34H39N3O5/c1-34(19-26-20-35-29-10-6-5-9-28(26)29,32(40)36-27(11-12-30(38)39)18-21-7-3-2-4-8-21)37-33(41)42-31-24-14-22-13-23(16-24)17-25(31)15-22/h2-12,20,22-25,27,31,35H,13-19H2,1H3,(H,36,40)(H,37,41)(H,38,39)/b12-11+/t22?,23?,24?,25?,27-,31?,34-/m1/s1. The van der Waals surface area contributed by atoms with Crippen molar-refractivity contribution in [3.8, 4) is 0 Å². The van der Waals surface area contributed by atoms with Gasteiger partial charge in [-0.3, -0.25) is 4.79 Å². The fourth-order valence-corrected chi connectivity index (χ4v) is 7.85. The van der Waals surface area contributed by atoms with Crippen LogP contribution in [0, 0.1) is 23.7 Å². The number of fused-ring (bicyclic) bond motifs is 1. The van der Waals surface area contributed by atoms with Crippen LogP contribution in [0.3, 0.4) is 0 Å². The molecule has 7 rings (SSSR count). The summed E-state index contributed by atoms with van der Waals surface area (Å²) in [6.07, 6.45) is 10.1. The van der Waals surface area contributed by atoms with E-state index in [1.54, 1.807) is 6.92 Å². The van der Waals surface area contributed by atoms with Crippen molar-refractivity contribution in [3.63, 3.8) is 0 Å². The zero-order chi connectivity index (χ0) is 29.3. The molecule has 0 unspecified atom stereocenters. The molecule has 0 aliphatic heterocycles. The summed E-state index contributed by atoms with van der Waals surface area (Å²) in [5, 5.41) is 16.2. The molecule has 3 aromatic rings. The predicted molar refractivity (Wildman–Crippen MR) is 160 cm³/mol. The molecular formula is C34H39N3O5. The Bertz CT molecular complexity index is 1450. The number of nitrogens with one attached hydrogen (secondary N) is 3. The van der Waals surface area contributed by atoms with Crippen LogP contribution in [0.2, 0.25) is 0 Å². The third kappa shape index (κ3) is 6.08. The van der Waals surface area contributed by atoms with Gasteiger partial charge in [-0.25, -0.2) is 9.59 Å². The second-order valence-electron chi connectivity index (χ2n) is 12.8. The highest BCUT2D eigenvalue weighted by atomic mass is 16.6. The maximum atomic E-state index is 14.1. The zero-order valence-electron chi connectivity index (χ0n) is 23.9. The summed E-state index contributed by atoms with van der Waals surface area (Å²) in [6, 6.07) is 16.8. The molecule has 1 aromatic heterocycles. The van der Waals surface area contributed by atoms with Crippen molar-refractivity contribution >= 4 is 28.9 Å². The smallest absolute Gasteiger partial charge is 0.408 e. The molecular weight excluding hydrogens is 530 g/mol. The van der Waals surface area contributed by atoms with Crippen LogP contribution in [0.1, 0.15) is 50.2 Å². The molecule has 0 saturated heterocycles. The lowest BCUT2D eigenvalue weighted by molar-refractivity contribution is -0.131. The van der Waals surface area contributed by atoms with Gasteiger partial charge in [0.1, 0.15) is 11.6 Å². The number of carbonyl (C=O) groups is 3. The van der Waals surface area contributed by atoms with E-state index in [-0.39, 0.29) is 12.5 Å². The number of ether oxygens (including phenoxy) is 1. The Morgan fingerprint density at radius 1 is 1.00 bits per heavy atom. The first-order valence-corrected chi connectivity index (χ1v) is 15.1. The van der Waals surface area contributed by atoms with Crippen LogP contribution in [0.5, 0.6) is 0 Å². The third-order valence-electron chi connectivity index (χ3n) is 9.57. The van der Waals surface area contributed by atoms with Gasteiger partial charge in [0.05, 0.1) is 6.04 Å². The summed E-state index contributed by atoms with van der Waals surface area (Å²) in [5.41, 5.74) is 1.42. The van der Waals surface area contributed by atoms with E-state index in [9.17, 15) is 19.5 Å². The maximum absolute atomic E-state index is 14.1. The average molecular weight is 570 g/mol. The van der Waals surface area contributed by atoms with Gasteiger partial charge >= 0.3 is 12.1 Å². The van der Waals surface area contributed by atoms with Crippen LogP contribution in [-0.4, -0.2) is 45.7 Å². The number of aliphatic carboxylic acids is 1. The Morgan fingerprint density at radius 2 is 1.67 bits per heavy atom. The van der Waals surface area contributed by atoms with Crippen molar-refractivity contribution in [1.29, 1.82) is 0 Å². The minimum absolute atomic E-state index is 0.109. The lowest BCUT2D eigenvalue weighted by Gasteiger charge is -2.53. The summed E-state index contributed by atoms with van der Waals surface area (Å²) < 4.78 is 6.13. The lowest BCUT2D eigenvalue weighted by atomic mass is 9.55. The number of para-hydroxylation sites is 1. The van der Waals surface area contributed by atoms with Crippen molar-refractivity contribution in [3.05, 3.63) is 84.1 Å². The molecule has 4 aliphatic rings. The summed E-state index contributed by atoms with van der Waals surface area (Å²) >= 11 is 0. The number of benzene rings is 2. The molecule has 4 aliphatic carbocycles. The van der Waals surface area contributed by atoms with Gasteiger partial charge in [0.2, 0.25) is 5.91 Å². The Labute approximate surface area is 245 Å². The van der Waals surface area contributed by atoms with Gasteiger partial charge in [0.25, 0.3) is 0 Å². The molecule has 4 fully saturated rings. The first kappa shape index (κ1) is 28.1. The van der Waals surface area contributed by atoms with Gasteiger partial charge in [0, 0.05) is 29.6 Å². The number of aromatic amines is 1. The molecule has 0 spiro atoms. The molecule has 8 heteroatoms. The second-order valence-corrected chi connectivity index (χ2v) is 12.8. The van der Waals surface area contributed by atoms with E-state index < -0.39 is 29.6 Å². The van der Waals surface area contributed by atoms with Crippen molar-refractivity contribution < 1.29 is 24.2 Å². The normalized spacial score (nSPS) is 26.5. The number of hydrogen-bond donors (Lipinski definition) is 4. The highest BCUT2D eigenvalue weighted by Gasteiger charge is 2.50. The predicted octanol–water partition coefficient (Wildman–Crippen LogP) is 5.39. The average Bonchev–Trinajstić information content (AvgIpc) is 3.36. The number of aromatic nitrogens is 1. The molecule has 2 atom stereocenters. The summed E-state index contributed by atoms with van der Waals surface area (Å²) in [6.45, 7) is 1.71. The molecule has 220 valence electrons. The minimum atomic E-state index is -1.36. The molecule has 42 heavy (non-hydrogen) atoms. The van der Waals surface area contributed by atoms with E-state index >= 15 is 0 Å². The van der Waals surface area contributed by atoms with Gasteiger partial charge in [0.15, 0.2) is 0 Å². The van der Waals surface area contributed by atoms with E-state index in [2.05, 4.69) is 15.6 Å². The molecule has 1 heterocycles. The van der Waals surface area contributed by atoms with Crippen LogP contribution in [-0.2, 0) is 27.2 Å². The fourth-order valence-electron chi connectivity index (χ4n) is 7.85. The number of carboxylic acid groups (broad SMARTS) is 1. The Kier molecular flexibility index (Phi) is 7.80. The minimum Gasteiger partial charge on any atom is -0.478 e. The van der Waals surface area contributed by atoms with E-state index in [1.165, 1.54) is 12.5 Å². The first-order chi connectivity index (χ1) is 20.3. The zero-order valence-corrected chi connectivity index (χ0v) is 23.9. The fraction of sp³-hybridized carbons (Fsp3) is 0.441. The van der Waals surface area contributed by atoms with E-state index in [1.807, 2.05) is 60.8 Å². The van der Waals surface area contributed by atoms with Crippen LogP contribution >= 0.6 is 0 Å². The molecule has 0 radical (unpaired) electrons. The summed E-state index contributed by atoms with van der Waals surface area (Å²) in [7, 11) is 0. The van der Waals surface area contributed by atoms with Crippen molar-refractivity contribution in [2.45, 2.75) is 69.6 Å². The molecule has 2 amide bonds. The number of H-pyrrole nitrogens is 1. The van der Waals surface area contributed by atoms with Crippen LogP contribution in [0.25, 0.3) is 10.9 Å². The van der Waals surface area contributed by atoms with Crippen molar-refractivity contribution in [2.24, 2.45) is 23.7 Å². The number of amides is 2. The third-order valence-corrected chi connectivity index (χ3v) is 9.57. The molecule has 2 aromatic carbocycles. The van der Waals surface area contributed by atoms with Crippen molar-refractivity contribution in [1.82, 2.24) is 15.6 Å². The summed E-state index contributed by atoms with van der Waals surface area (Å²) in [5.74, 6) is 0.809. The van der Waals surface area contributed by atoms with E-state index in [0.29, 0.717) is 18.3 Å².